The number of rotatable bonds is 3. The van der Waals surface area contributed by atoms with Gasteiger partial charge in [-0.3, -0.25) is 0 Å². The van der Waals surface area contributed by atoms with Gasteiger partial charge in [-0.05, 0) is 23.8 Å². The van der Waals surface area contributed by atoms with Gasteiger partial charge in [0, 0.05) is 11.1 Å². The second kappa shape index (κ2) is 6.31. The van der Waals surface area contributed by atoms with Crippen LogP contribution in [0.4, 0.5) is 10.2 Å². The van der Waals surface area contributed by atoms with Crippen LogP contribution in [0.25, 0.3) is 39.6 Å². The fourth-order valence-corrected chi connectivity index (χ4v) is 3.09. The van der Waals surface area contributed by atoms with E-state index < -0.39 is 0 Å². The Labute approximate surface area is 159 Å². The van der Waals surface area contributed by atoms with Crippen LogP contribution in [0.5, 0.6) is 0 Å². The average Bonchev–Trinajstić information content (AvgIpc) is 3.38. The molecule has 5 rings (SSSR count). The molecule has 7 heteroatoms. The topological polar surface area (TPSA) is 82.2 Å². The van der Waals surface area contributed by atoms with Crippen molar-refractivity contribution in [3.63, 3.8) is 0 Å². The summed E-state index contributed by atoms with van der Waals surface area (Å²) in [6.07, 6.45) is 3.22. The molecule has 2 N–H and O–H groups in total. The summed E-state index contributed by atoms with van der Waals surface area (Å²) in [6.45, 7) is 0. The van der Waals surface area contributed by atoms with Crippen LogP contribution in [-0.4, -0.2) is 19.6 Å². The number of halogens is 1. The summed E-state index contributed by atoms with van der Waals surface area (Å²) < 4.78 is 21.6. The summed E-state index contributed by atoms with van der Waals surface area (Å²) in [5.41, 5.74) is 8.91. The van der Waals surface area contributed by atoms with Crippen LogP contribution in [-0.2, 0) is 0 Å². The number of nitrogens with zero attached hydrogens (tertiary/aromatic N) is 4. The highest BCUT2D eigenvalue weighted by atomic mass is 19.1. The minimum atomic E-state index is -0.334. The maximum atomic E-state index is 14.7. The molecule has 0 aliphatic heterocycles. The molecule has 3 aromatic heterocycles. The molecule has 0 bridgehead atoms. The number of benzene rings is 2. The van der Waals surface area contributed by atoms with Gasteiger partial charge in [-0.25, -0.2) is 18.9 Å². The first-order valence-corrected chi connectivity index (χ1v) is 8.61. The second-order valence-electron chi connectivity index (χ2n) is 6.25. The average molecular weight is 371 g/mol. The second-order valence-corrected chi connectivity index (χ2v) is 6.25. The summed E-state index contributed by atoms with van der Waals surface area (Å²) in [7, 11) is 0. The van der Waals surface area contributed by atoms with Crippen molar-refractivity contribution in [3.05, 3.63) is 78.9 Å². The van der Waals surface area contributed by atoms with E-state index in [4.69, 9.17) is 10.2 Å². The molecule has 0 amide bonds. The van der Waals surface area contributed by atoms with E-state index in [2.05, 4.69) is 15.1 Å². The molecule has 5 aromatic rings. The van der Waals surface area contributed by atoms with Crippen LogP contribution in [0.3, 0.4) is 0 Å². The number of nitrogen functional groups attached to an aromatic ring is 1. The molecule has 28 heavy (non-hydrogen) atoms. The predicted octanol–water partition coefficient (Wildman–Crippen LogP) is 4.44. The Balaban J connectivity index is 1.58. The smallest absolute Gasteiger partial charge is 0.218 e. The number of aromatic nitrogens is 4. The molecule has 0 saturated heterocycles. The molecule has 0 fully saturated rings. The quantitative estimate of drug-likeness (QED) is 0.507. The van der Waals surface area contributed by atoms with Gasteiger partial charge >= 0.3 is 0 Å². The van der Waals surface area contributed by atoms with Gasteiger partial charge in [0.05, 0.1) is 18.2 Å². The van der Waals surface area contributed by atoms with E-state index in [1.54, 1.807) is 30.7 Å². The Kier molecular flexibility index (Phi) is 3.65. The van der Waals surface area contributed by atoms with Crippen molar-refractivity contribution < 1.29 is 8.81 Å². The standard InChI is InChI=1S/C21H14FN5O/c22-16-11-14(8-9-15(16)13-5-2-1-3-6-13)17-12-27-21(19(23)24-17)25-20(26-27)18-7-4-10-28-18/h1-12H,(H2,23,24). The molecule has 0 saturated carbocycles. The van der Waals surface area contributed by atoms with E-state index in [1.165, 1.54) is 10.6 Å². The first-order chi connectivity index (χ1) is 13.7. The van der Waals surface area contributed by atoms with Crippen molar-refractivity contribution in [1.82, 2.24) is 19.6 Å². The molecule has 0 unspecified atom stereocenters. The number of anilines is 1. The van der Waals surface area contributed by atoms with Crippen molar-refractivity contribution in [2.24, 2.45) is 0 Å². The van der Waals surface area contributed by atoms with Crippen molar-refractivity contribution in [3.8, 4) is 34.0 Å². The summed E-state index contributed by atoms with van der Waals surface area (Å²) in [4.78, 5) is 8.72. The van der Waals surface area contributed by atoms with Crippen LogP contribution in [0.15, 0.2) is 77.5 Å². The maximum absolute atomic E-state index is 14.7. The fraction of sp³-hybridized carbons (Fsp3) is 0. The van der Waals surface area contributed by atoms with Crippen molar-refractivity contribution in [2.45, 2.75) is 0 Å². The third-order valence-corrected chi connectivity index (χ3v) is 4.44. The van der Waals surface area contributed by atoms with Crippen LogP contribution in [0.1, 0.15) is 0 Å². The lowest BCUT2D eigenvalue weighted by Crippen LogP contribution is -2.00. The van der Waals surface area contributed by atoms with E-state index >= 15 is 0 Å². The van der Waals surface area contributed by atoms with E-state index in [0.717, 1.165) is 5.56 Å². The summed E-state index contributed by atoms with van der Waals surface area (Å²) in [5, 5.41) is 4.39. The van der Waals surface area contributed by atoms with Gasteiger partial charge in [0.2, 0.25) is 5.82 Å². The summed E-state index contributed by atoms with van der Waals surface area (Å²) in [6, 6.07) is 17.9. The van der Waals surface area contributed by atoms with Crippen LogP contribution >= 0.6 is 0 Å². The largest absolute Gasteiger partial charge is 0.461 e. The van der Waals surface area contributed by atoms with E-state index in [0.29, 0.717) is 34.1 Å². The molecular formula is C21H14FN5O. The van der Waals surface area contributed by atoms with Gasteiger partial charge in [-0.2, -0.15) is 0 Å². The van der Waals surface area contributed by atoms with Crippen molar-refractivity contribution in [1.29, 1.82) is 0 Å². The lowest BCUT2D eigenvalue weighted by atomic mass is 10.0. The zero-order valence-corrected chi connectivity index (χ0v) is 14.6. The van der Waals surface area contributed by atoms with Gasteiger partial charge in [0.15, 0.2) is 17.2 Å². The normalized spacial score (nSPS) is 11.2. The van der Waals surface area contributed by atoms with E-state index in [1.807, 2.05) is 36.4 Å². The number of hydrogen-bond acceptors (Lipinski definition) is 5. The first kappa shape index (κ1) is 16.2. The number of fused-ring (bicyclic) bond motifs is 1. The number of hydrogen-bond donors (Lipinski definition) is 1. The minimum Gasteiger partial charge on any atom is -0.461 e. The van der Waals surface area contributed by atoms with Gasteiger partial charge in [0.1, 0.15) is 5.82 Å². The van der Waals surface area contributed by atoms with Gasteiger partial charge < -0.3 is 10.2 Å². The summed E-state index contributed by atoms with van der Waals surface area (Å²) >= 11 is 0. The van der Waals surface area contributed by atoms with Gasteiger partial charge in [-0.15, -0.1) is 5.10 Å². The Morgan fingerprint density at radius 1 is 0.929 bits per heavy atom. The Hall–Kier alpha value is -4.00. The molecule has 0 atom stereocenters. The highest BCUT2D eigenvalue weighted by Gasteiger charge is 2.15. The van der Waals surface area contributed by atoms with E-state index in [9.17, 15) is 4.39 Å². The Bertz CT molecular complexity index is 1280. The lowest BCUT2D eigenvalue weighted by Gasteiger charge is -2.07. The SMILES string of the molecule is Nc1nc(-c2ccc(-c3ccccc3)c(F)c2)cn2nc(-c3ccco3)nc12. The van der Waals surface area contributed by atoms with Crippen molar-refractivity contribution >= 4 is 11.5 Å². The van der Waals surface area contributed by atoms with Gasteiger partial charge in [0.25, 0.3) is 0 Å². The van der Waals surface area contributed by atoms with Gasteiger partial charge in [-0.1, -0.05) is 42.5 Å². The number of nitrogens with two attached hydrogens (primary N) is 1. The highest BCUT2D eigenvalue weighted by Crippen LogP contribution is 2.28. The molecular weight excluding hydrogens is 357 g/mol. The molecule has 6 nitrogen and oxygen atoms in total. The minimum absolute atomic E-state index is 0.204. The molecule has 3 heterocycles. The zero-order valence-electron chi connectivity index (χ0n) is 14.6. The predicted molar refractivity (Wildman–Crippen MR) is 104 cm³/mol. The molecule has 2 aromatic carbocycles. The maximum Gasteiger partial charge on any atom is 0.218 e. The summed E-state index contributed by atoms with van der Waals surface area (Å²) in [5.74, 6) is 0.804. The van der Waals surface area contributed by atoms with E-state index in [-0.39, 0.29) is 11.6 Å². The molecule has 0 aliphatic rings. The lowest BCUT2D eigenvalue weighted by molar-refractivity contribution is 0.577. The van der Waals surface area contributed by atoms with Crippen LogP contribution < -0.4 is 5.73 Å². The highest BCUT2D eigenvalue weighted by molar-refractivity contribution is 5.72. The monoisotopic (exact) mass is 371 g/mol. The van der Waals surface area contributed by atoms with Crippen LogP contribution in [0.2, 0.25) is 0 Å². The van der Waals surface area contributed by atoms with Crippen LogP contribution in [0, 0.1) is 5.82 Å². The fourth-order valence-electron chi connectivity index (χ4n) is 3.09. The molecule has 0 radical (unpaired) electrons. The third-order valence-electron chi connectivity index (χ3n) is 4.44. The Morgan fingerprint density at radius 2 is 1.79 bits per heavy atom. The number of furan rings is 1. The third kappa shape index (κ3) is 2.69. The molecule has 136 valence electrons. The molecule has 0 aliphatic carbocycles. The first-order valence-electron chi connectivity index (χ1n) is 8.61. The zero-order chi connectivity index (χ0) is 19.1. The molecule has 0 spiro atoms. The Morgan fingerprint density at radius 3 is 2.54 bits per heavy atom. The van der Waals surface area contributed by atoms with Crippen molar-refractivity contribution in [2.75, 3.05) is 5.73 Å².